The minimum absolute atomic E-state index is 0.00170. The standard InChI is InChI=1S/C11H16N2O2/c1-8(5-11(12)13)15-10-4-2-3-9(6-10)7-14/h2-4,6,8,14H,5,7H2,1H3,(H3,12,13). The van der Waals surface area contributed by atoms with E-state index in [4.69, 9.17) is 21.0 Å². The van der Waals surface area contributed by atoms with E-state index in [0.717, 1.165) is 5.56 Å². The van der Waals surface area contributed by atoms with Crippen molar-refractivity contribution < 1.29 is 9.84 Å². The largest absolute Gasteiger partial charge is 0.490 e. The van der Waals surface area contributed by atoms with Gasteiger partial charge in [0.15, 0.2) is 0 Å². The van der Waals surface area contributed by atoms with Crippen LogP contribution in [0.4, 0.5) is 0 Å². The van der Waals surface area contributed by atoms with Gasteiger partial charge in [0.05, 0.1) is 12.4 Å². The van der Waals surface area contributed by atoms with Crippen LogP contribution in [-0.2, 0) is 6.61 Å². The Hall–Kier alpha value is -1.55. The summed E-state index contributed by atoms with van der Waals surface area (Å²) < 4.78 is 5.54. The number of hydrogen-bond donors (Lipinski definition) is 3. The molecule has 0 aliphatic rings. The van der Waals surface area contributed by atoms with Crippen LogP contribution in [0, 0.1) is 5.41 Å². The number of rotatable bonds is 5. The van der Waals surface area contributed by atoms with Gasteiger partial charge >= 0.3 is 0 Å². The number of nitrogens with two attached hydrogens (primary N) is 1. The smallest absolute Gasteiger partial charge is 0.120 e. The fourth-order valence-corrected chi connectivity index (χ4v) is 1.30. The first-order valence-corrected chi connectivity index (χ1v) is 4.81. The zero-order chi connectivity index (χ0) is 11.3. The van der Waals surface area contributed by atoms with Crippen LogP contribution in [0.3, 0.4) is 0 Å². The van der Waals surface area contributed by atoms with Gasteiger partial charge in [0.25, 0.3) is 0 Å². The van der Waals surface area contributed by atoms with Crippen molar-refractivity contribution in [2.24, 2.45) is 5.73 Å². The SMILES string of the molecule is CC(CC(=N)N)Oc1cccc(CO)c1. The fraction of sp³-hybridized carbons (Fsp3) is 0.364. The highest BCUT2D eigenvalue weighted by Gasteiger charge is 2.05. The topological polar surface area (TPSA) is 79.3 Å². The second kappa shape index (κ2) is 5.36. The summed E-state index contributed by atoms with van der Waals surface area (Å²) in [4.78, 5) is 0. The van der Waals surface area contributed by atoms with E-state index in [1.54, 1.807) is 6.07 Å². The van der Waals surface area contributed by atoms with Crippen molar-refractivity contribution in [3.63, 3.8) is 0 Å². The van der Waals surface area contributed by atoms with Gasteiger partial charge in [0.1, 0.15) is 11.9 Å². The van der Waals surface area contributed by atoms with E-state index in [1.807, 2.05) is 25.1 Å². The first-order chi connectivity index (χ1) is 7.11. The molecule has 82 valence electrons. The van der Waals surface area contributed by atoms with Gasteiger partial charge in [-0.25, -0.2) is 0 Å². The Bertz CT molecular complexity index is 339. The average molecular weight is 208 g/mol. The Balaban J connectivity index is 2.59. The van der Waals surface area contributed by atoms with E-state index in [-0.39, 0.29) is 18.5 Å². The fourth-order valence-electron chi connectivity index (χ4n) is 1.30. The lowest BCUT2D eigenvalue weighted by molar-refractivity contribution is 0.228. The Morgan fingerprint density at radius 2 is 2.33 bits per heavy atom. The third-order valence-corrected chi connectivity index (χ3v) is 1.93. The Kier molecular flexibility index (Phi) is 4.12. The predicted molar refractivity (Wildman–Crippen MR) is 59.0 cm³/mol. The van der Waals surface area contributed by atoms with E-state index in [2.05, 4.69) is 0 Å². The lowest BCUT2D eigenvalue weighted by Gasteiger charge is -2.14. The van der Waals surface area contributed by atoms with Crippen molar-refractivity contribution in [1.29, 1.82) is 5.41 Å². The molecule has 0 bridgehead atoms. The van der Waals surface area contributed by atoms with E-state index in [0.29, 0.717) is 12.2 Å². The van der Waals surface area contributed by atoms with Gasteiger partial charge in [-0.2, -0.15) is 0 Å². The summed E-state index contributed by atoms with van der Waals surface area (Å²) in [6, 6.07) is 7.23. The number of ether oxygens (including phenoxy) is 1. The number of aliphatic hydroxyl groups is 1. The summed E-state index contributed by atoms with van der Waals surface area (Å²) in [5, 5.41) is 16.1. The minimum Gasteiger partial charge on any atom is -0.490 e. The quantitative estimate of drug-likeness (QED) is 0.503. The molecule has 1 rings (SSSR count). The van der Waals surface area contributed by atoms with Crippen LogP contribution in [0.1, 0.15) is 18.9 Å². The van der Waals surface area contributed by atoms with Gasteiger partial charge in [-0.1, -0.05) is 12.1 Å². The summed E-state index contributed by atoms with van der Waals surface area (Å²) in [5.74, 6) is 0.802. The van der Waals surface area contributed by atoms with Crippen LogP contribution in [0.5, 0.6) is 5.75 Å². The monoisotopic (exact) mass is 208 g/mol. The van der Waals surface area contributed by atoms with Crippen molar-refractivity contribution in [1.82, 2.24) is 0 Å². The number of aliphatic hydroxyl groups excluding tert-OH is 1. The van der Waals surface area contributed by atoms with Gasteiger partial charge in [-0.3, -0.25) is 5.41 Å². The normalized spacial score (nSPS) is 12.1. The number of benzene rings is 1. The number of hydrogen-bond acceptors (Lipinski definition) is 3. The van der Waals surface area contributed by atoms with Crippen LogP contribution in [0.25, 0.3) is 0 Å². The molecule has 0 radical (unpaired) electrons. The Labute approximate surface area is 89.2 Å². The lowest BCUT2D eigenvalue weighted by atomic mass is 10.2. The molecule has 0 amide bonds. The van der Waals surface area contributed by atoms with E-state index in [1.165, 1.54) is 0 Å². The molecule has 0 aliphatic heterocycles. The maximum Gasteiger partial charge on any atom is 0.120 e. The highest BCUT2D eigenvalue weighted by Crippen LogP contribution is 2.15. The first kappa shape index (κ1) is 11.5. The van der Waals surface area contributed by atoms with Crippen molar-refractivity contribution in [3.8, 4) is 5.75 Å². The third kappa shape index (κ3) is 3.99. The molecule has 0 aliphatic carbocycles. The van der Waals surface area contributed by atoms with E-state index in [9.17, 15) is 0 Å². The molecule has 0 heterocycles. The minimum atomic E-state index is -0.128. The highest BCUT2D eigenvalue weighted by molar-refractivity contribution is 5.77. The second-order valence-corrected chi connectivity index (χ2v) is 3.46. The van der Waals surface area contributed by atoms with Crippen LogP contribution in [0.2, 0.25) is 0 Å². The molecule has 1 atom stereocenters. The molecule has 4 N–H and O–H groups in total. The molecule has 4 heteroatoms. The molecule has 15 heavy (non-hydrogen) atoms. The molecule has 0 spiro atoms. The summed E-state index contributed by atoms with van der Waals surface area (Å²) in [5.41, 5.74) is 6.07. The van der Waals surface area contributed by atoms with Crippen molar-refractivity contribution in [2.45, 2.75) is 26.1 Å². The van der Waals surface area contributed by atoms with Gasteiger partial charge in [0.2, 0.25) is 0 Å². The average Bonchev–Trinajstić information content (AvgIpc) is 2.16. The first-order valence-electron chi connectivity index (χ1n) is 4.81. The third-order valence-electron chi connectivity index (χ3n) is 1.93. The maximum atomic E-state index is 8.93. The van der Waals surface area contributed by atoms with Gasteiger partial charge in [-0.05, 0) is 24.6 Å². The molecular formula is C11H16N2O2. The van der Waals surface area contributed by atoms with Crippen molar-refractivity contribution in [3.05, 3.63) is 29.8 Å². The summed E-state index contributed by atoms with van der Waals surface area (Å²) in [6.45, 7) is 1.85. The van der Waals surface area contributed by atoms with E-state index < -0.39 is 0 Å². The molecule has 0 saturated carbocycles. The molecule has 1 aromatic rings. The molecule has 0 aromatic heterocycles. The predicted octanol–water partition coefficient (Wildman–Crippen LogP) is 1.27. The van der Waals surface area contributed by atoms with Crippen LogP contribution in [-0.4, -0.2) is 17.0 Å². The lowest BCUT2D eigenvalue weighted by Crippen LogP contribution is -2.21. The van der Waals surface area contributed by atoms with Crippen molar-refractivity contribution in [2.75, 3.05) is 0 Å². The molecular weight excluding hydrogens is 192 g/mol. The summed E-state index contributed by atoms with van der Waals surface area (Å²) in [7, 11) is 0. The molecule has 1 aromatic carbocycles. The molecule has 1 unspecified atom stereocenters. The molecule has 4 nitrogen and oxygen atoms in total. The van der Waals surface area contributed by atoms with Crippen LogP contribution >= 0.6 is 0 Å². The number of amidine groups is 1. The Morgan fingerprint density at radius 1 is 1.60 bits per heavy atom. The summed E-state index contributed by atoms with van der Waals surface area (Å²) in [6.07, 6.45) is 0.278. The Morgan fingerprint density at radius 3 is 2.93 bits per heavy atom. The van der Waals surface area contributed by atoms with Gasteiger partial charge in [0, 0.05) is 6.42 Å². The van der Waals surface area contributed by atoms with Gasteiger partial charge < -0.3 is 15.6 Å². The maximum absolute atomic E-state index is 8.93. The summed E-state index contributed by atoms with van der Waals surface area (Å²) >= 11 is 0. The molecule has 0 fully saturated rings. The highest BCUT2D eigenvalue weighted by atomic mass is 16.5. The number of nitrogens with one attached hydrogen (secondary N) is 1. The van der Waals surface area contributed by atoms with Crippen molar-refractivity contribution >= 4 is 5.84 Å². The second-order valence-electron chi connectivity index (χ2n) is 3.46. The zero-order valence-corrected chi connectivity index (χ0v) is 8.73. The van der Waals surface area contributed by atoms with Crippen LogP contribution < -0.4 is 10.5 Å². The van der Waals surface area contributed by atoms with Gasteiger partial charge in [-0.15, -0.1) is 0 Å². The van der Waals surface area contributed by atoms with Crippen LogP contribution in [0.15, 0.2) is 24.3 Å². The molecule has 0 saturated heterocycles. The van der Waals surface area contributed by atoms with E-state index >= 15 is 0 Å². The zero-order valence-electron chi connectivity index (χ0n) is 8.73.